The van der Waals surface area contributed by atoms with Crippen molar-refractivity contribution in [3.05, 3.63) is 72.0 Å². The van der Waals surface area contributed by atoms with E-state index in [0.29, 0.717) is 6.54 Å². The second kappa shape index (κ2) is 7.49. The summed E-state index contributed by atoms with van der Waals surface area (Å²) in [5, 5.41) is 6.09. The summed E-state index contributed by atoms with van der Waals surface area (Å²) < 4.78 is 1.99. The van der Waals surface area contributed by atoms with E-state index in [2.05, 4.69) is 27.4 Å². The highest BCUT2D eigenvalue weighted by Crippen LogP contribution is 2.30. The van der Waals surface area contributed by atoms with Crippen molar-refractivity contribution >= 4 is 28.3 Å². The summed E-state index contributed by atoms with van der Waals surface area (Å²) in [4.78, 5) is 22.1. The highest BCUT2D eigenvalue weighted by molar-refractivity contribution is 7.13. The Balaban J connectivity index is 1.51. The van der Waals surface area contributed by atoms with Gasteiger partial charge < -0.3 is 9.88 Å². The second-order valence-corrected chi connectivity index (χ2v) is 6.91. The van der Waals surface area contributed by atoms with E-state index in [-0.39, 0.29) is 12.5 Å². The molecule has 4 rings (SSSR count). The summed E-state index contributed by atoms with van der Waals surface area (Å²) in [6, 6.07) is 14.0. The summed E-state index contributed by atoms with van der Waals surface area (Å²) in [7, 11) is 0. The highest BCUT2D eigenvalue weighted by atomic mass is 32.1. The van der Waals surface area contributed by atoms with Crippen LogP contribution in [-0.2, 0) is 17.8 Å². The minimum Gasteiger partial charge on any atom is -0.354 e. The van der Waals surface area contributed by atoms with E-state index in [9.17, 15) is 4.79 Å². The van der Waals surface area contributed by atoms with Gasteiger partial charge in [0.15, 0.2) is 0 Å². The van der Waals surface area contributed by atoms with Gasteiger partial charge >= 0.3 is 0 Å². The Morgan fingerprint density at radius 1 is 1.12 bits per heavy atom. The normalized spacial score (nSPS) is 10.9. The molecule has 0 aliphatic heterocycles. The average molecular weight is 362 g/mol. The topological polar surface area (TPSA) is 59.8 Å². The first-order chi connectivity index (χ1) is 12.8. The molecule has 4 aromatic heterocycles. The van der Waals surface area contributed by atoms with Gasteiger partial charge in [-0.3, -0.25) is 9.78 Å². The Labute approximate surface area is 155 Å². The van der Waals surface area contributed by atoms with E-state index >= 15 is 0 Å². The van der Waals surface area contributed by atoms with Crippen molar-refractivity contribution in [1.82, 2.24) is 19.9 Å². The van der Waals surface area contributed by atoms with Crippen LogP contribution in [0.15, 0.2) is 66.4 Å². The summed E-state index contributed by atoms with van der Waals surface area (Å²) in [6.45, 7) is 0.855. The predicted octanol–water partition coefficient (Wildman–Crippen LogP) is 3.52. The molecule has 26 heavy (non-hydrogen) atoms. The van der Waals surface area contributed by atoms with Crippen molar-refractivity contribution in [2.45, 2.75) is 13.0 Å². The summed E-state index contributed by atoms with van der Waals surface area (Å²) in [5.74, 6) is -0.0139. The molecule has 4 aromatic rings. The first kappa shape index (κ1) is 16.5. The molecule has 0 unspecified atom stereocenters. The second-order valence-electron chi connectivity index (χ2n) is 5.96. The summed E-state index contributed by atoms with van der Waals surface area (Å²) in [6.07, 6.45) is 6.08. The lowest BCUT2D eigenvalue weighted by Crippen LogP contribution is -2.29. The number of hydrogen-bond donors (Lipinski definition) is 1. The van der Waals surface area contributed by atoms with Crippen molar-refractivity contribution in [3.8, 4) is 10.6 Å². The first-order valence-electron chi connectivity index (χ1n) is 8.45. The molecule has 0 aromatic carbocycles. The number of fused-ring (bicyclic) bond motifs is 1. The monoisotopic (exact) mass is 362 g/mol. The van der Waals surface area contributed by atoms with E-state index in [1.807, 2.05) is 40.3 Å². The number of rotatable bonds is 6. The fourth-order valence-corrected chi connectivity index (χ4v) is 3.72. The molecule has 1 N–H and O–H groups in total. The third-order valence-electron chi connectivity index (χ3n) is 4.22. The molecule has 0 saturated heterocycles. The minimum atomic E-state index is -0.0139. The fourth-order valence-electron chi connectivity index (χ4n) is 2.97. The Morgan fingerprint density at radius 2 is 2.00 bits per heavy atom. The maximum Gasteiger partial charge on any atom is 0.240 e. The lowest BCUT2D eigenvalue weighted by molar-refractivity contribution is -0.121. The molecule has 0 saturated carbocycles. The number of thiophene rings is 1. The van der Waals surface area contributed by atoms with Crippen LogP contribution in [-0.4, -0.2) is 27.0 Å². The molecule has 0 radical (unpaired) electrons. The van der Waals surface area contributed by atoms with Gasteiger partial charge in [-0.2, -0.15) is 0 Å². The van der Waals surface area contributed by atoms with E-state index in [1.165, 1.54) is 0 Å². The minimum absolute atomic E-state index is 0.0139. The van der Waals surface area contributed by atoms with Crippen LogP contribution in [0.5, 0.6) is 0 Å². The molecular weight excluding hydrogens is 344 g/mol. The maximum atomic E-state index is 12.5. The van der Waals surface area contributed by atoms with Crippen LogP contribution >= 0.6 is 11.3 Å². The van der Waals surface area contributed by atoms with Crippen LogP contribution in [0.2, 0.25) is 0 Å². The van der Waals surface area contributed by atoms with Gasteiger partial charge in [-0.15, -0.1) is 11.3 Å². The van der Waals surface area contributed by atoms with E-state index in [0.717, 1.165) is 33.6 Å². The first-order valence-corrected chi connectivity index (χ1v) is 9.33. The van der Waals surface area contributed by atoms with Crippen LogP contribution in [0.1, 0.15) is 5.56 Å². The van der Waals surface area contributed by atoms with Gasteiger partial charge in [0, 0.05) is 30.5 Å². The van der Waals surface area contributed by atoms with E-state index in [4.69, 9.17) is 0 Å². The van der Waals surface area contributed by atoms with Crippen molar-refractivity contribution in [2.24, 2.45) is 0 Å². The van der Waals surface area contributed by atoms with Gasteiger partial charge in [0.1, 0.15) is 12.2 Å². The fraction of sp³-hybridized carbons (Fsp3) is 0.150. The van der Waals surface area contributed by atoms with E-state index < -0.39 is 0 Å². The van der Waals surface area contributed by atoms with Crippen LogP contribution in [0.25, 0.3) is 21.6 Å². The predicted molar refractivity (Wildman–Crippen MR) is 104 cm³/mol. The number of hydrogen-bond acceptors (Lipinski definition) is 4. The number of nitrogens with zero attached hydrogens (tertiary/aromatic N) is 3. The van der Waals surface area contributed by atoms with Crippen LogP contribution < -0.4 is 5.32 Å². The van der Waals surface area contributed by atoms with Crippen molar-refractivity contribution in [3.63, 3.8) is 0 Å². The van der Waals surface area contributed by atoms with E-state index in [1.54, 1.807) is 29.9 Å². The largest absolute Gasteiger partial charge is 0.354 e. The molecule has 6 heteroatoms. The number of nitrogens with one attached hydrogen (secondary N) is 1. The quantitative estimate of drug-likeness (QED) is 0.571. The van der Waals surface area contributed by atoms with Gasteiger partial charge in [-0.25, -0.2) is 4.98 Å². The number of aromatic nitrogens is 3. The zero-order valence-corrected chi connectivity index (χ0v) is 14.9. The number of carbonyl (C=O) groups is 1. The van der Waals surface area contributed by atoms with Crippen molar-refractivity contribution in [1.29, 1.82) is 0 Å². The van der Waals surface area contributed by atoms with Gasteiger partial charge in [0.05, 0.1) is 10.6 Å². The van der Waals surface area contributed by atoms with Crippen LogP contribution in [0, 0.1) is 0 Å². The molecule has 0 spiro atoms. The third-order valence-corrected chi connectivity index (χ3v) is 5.11. The highest BCUT2D eigenvalue weighted by Gasteiger charge is 2.14. The SMILES string of the molecule is O=C(Cn1c(-c2cccs2)cc2cccnc21)NCCc1ccncc1. The third kappa shape index (κ3) is 3.50. The Kier molecular flexibility index (Phi) is 4.75. The molecule has 0 fully saturated rings. The molecule has 5 nitrogen and oxygen atoms in total. The van der Waals surface area contributed by atoms with Crippen LogP contribution in [0.3, 0.4) is 0 Å². The molecular formula is C20H18N4OS. The summed E-state index contributed by atoms with van der Waals surface area (Å²) in [5.41, 5.74) is 3.02. The molecule has 0 atom stereocenters. The van der Waals surface area contributed by atoms with Crippen molar-refractivity contribution < 1.29 is 4.79 Å². The Morgan fingerprint density at radius 3 is 2.81 bits per heavy atom. The molecule has 4 heterocycles. The molecule has 130 valence electrons. The maximum absolute atomic E-state index is 12.5. The summed E-state index contributed by atoms with van der Waals surface area (Å²) >= 11 is 1.66. The number of amides is 1. The van der Waals surface area contributed by atoms with Crippen LogP contribution in [0.4, 0.5) is 0 Å². The molecule has 0 aliphatic rings. The zero-order chi connectivity index (χ0) is 17.8. The van der Waals surface area contributed by atoms with Gasteiger partial charge in [-0.05, 0) is 53.8 Å². The lowest BCUT2D eigenvalue weighted by atomic mass is 10.2. The van der Waals surface area contributed by atoms with Gasteiger partial charge in [0.25, 0.3) is 0 Å². The molecule has 0 bridgehead atoms. The Hall–Kier alpha value is -2.99. The number of pyridine rings is 2. The average Bonchev–Trinajstić information content (AvgIpc) is 3.31. The zero-order valence-electron chi connectivity index (χ0n) is 14.1. The standard InChI is InChI=1S/C20H18N4OS/c25-19(22-11-7-15-5-9-21-10-6-15)14-24-17(18-4-2-12-26-18)13-16-3-1-8-23-20(16)24/h1-6,8-10,12-13H,7,11,14H2,(H,22,25). The molecule has 1 amide bonds. The smallest absolute Gasteiger partial charge is 0.240 e. The molecule has 0 aliphatic carbocycles. The van der Waals surface area contributed by atoms with Gasteiger partial charge in [-0.1, -0.05) is 6.07 Å². The van der Waals surface area contributed by atoms with Gasteiger partial charge in [0.2, 0.25) is 5.91 Å². The number of carbonyl (C=O) groups excluding carboxylic acids is 1. The Bertz CT molecular complexity index is 1010. The van der Waals surface area contributed by atoms with Crippen molar-refractivity contribution in [2.75, 3.05) is 6.54 Å². The lowest BCUT2D eigenvalue weighted by Gasteiger charge is -2.10.